The fourth-order valence-electron chi connectivity index (χ4n) is 4.65. The summed E-state index contributed by atoms with van der Waals surface area (Å²) in [6, 6.07) is 12.8. The first-order valence-electron chi connectivity index (χ1n) is 13.7. The number of aliphatic hydroxyl groups excluding tert-OH is 1. The molecular weight excluding hydrogens is 592 g/mol. The van der Waals surface area contributed by atoms with Crippen LogP contribution in [0.3, 0.4) is 0 Å². The Morgan fingerprint density at radius 1 is 1.14 bits per heavy atom. The van der Waals surface area contributed by atoms with E-state index in [-0.39, 0.29) is 60.0 Å². The third-order valence-electron chi connectivity index (χ3n) is 6.71. The fourth-order valence-corrected chi connectivity index (χ4v) is 6.28. The van der Waals surface area contributed by atoms with Gasteiger partial charge in [0, 0.05) is 25.2 Å². The van der Waals surface area contributed by atoms with Gasteiger partial charge in [-0.2, -0.15) is 14.3 Å². The number of ether oxygens (including phenoxy) is 1. The number of aliphatic hydroxyl groups is 1. The molecular formula is C28H34N8O7S. The lowest BCUT2D eigenvalue weighted by Gasteiger charge is -2.30. The van der Waals surface area contributed by atoms with E-state index < -0.39 is 33.0 Å². The molecule has 15 nitrogen and oxygen atoms in total. The van der Waals surface area contributed by atoms with E-state index in [1.165, 1.54) is 18.0 Å². The van der Waals surface area contributed by atoms with E-state index in [1.807, 2.05) is 44.2 Å². The summed E-state index contributed by atoms with van der Waals surface area (Å²) in [7, 11) is -2.75. The Kier molecular flexibility index (Phi) is 10.1. The SMILES string of the molecule is COc1nc(N)nc2c1ncn2CC(=O)N[C@@H](Cc1ccccc1)[C@H](O)CN(CC(C)C)S(=O)(=O)c1ccc([N+](=O)[O-])cc1. The van der Waals surface area contributed by atoms with E-state index in [1.54, 1.807) is 0 Å². The highest BCUT2D eigenvalue weighted by molar-refractivity contribution is 7.89. The van der Waals surface area contributed by atoms with Crippen LogP contribution in [0.5, 0.6) is 5.88 Å². The Hall–Kier alpha value is -4.67. The Balaban J connectivity index is 1.59. The van der Waals surface area contributed by atoms with Crippen LogP contribution < -0.4 is 15.8 Å². The van der Waals surface area contributed by atoms with Gasteiger partial charge in [0.15, 0.2) is 11.2 Å². The normalized spacial score (nSPS) is 13.2. The number of non-ortho nitro benzene ring substituents is 1. The number of nitro groups is 1. The number of aromatic nitrogens is 4. The van der Waals surface area contributed by atoms with Crippen LogP contribution in [0.25, 0.3) is 11.2 Å². The molecule has 4 rings (SSSR count). The number of carbonyl (C=O) groups is 1. The summed E-state index contributed by atoms with van der Waals surface area (Å²) >= 11 is 0. The maximum absolute atomic E-state index is 13.6. The zero-order valence-electron chi connectivity index (χ0n) is 24.4. The van der Waals surface area contributed by atoms with Crippen molar-refractivity contribution < 1.29 is 28.0 Å². The Labute approximate surface area is 253 Å². The van der Waals surface area contributed by atoms with Crippen molar-refractivity contribution in [3.8, 4) is 5.88 Å². The molecule has 0 saturated heterocycles. The number of benzene rings is 2. The van der Waals surface area contributed by atoms with Crippen molar-refractivity contribution in [2.45, 2.75) is 43.9 Å². The van der Waals surface area contributed by atoms with Gasteiger partial charge in [-0.15, -0.1) is 0 Å². The van der Waals surface area contributed by atoms with Gasteiger partial charge in [-0.3, -0.25) is 14.9 Å². The average molecular weight is 627 g/mol. The fraction of sp³-hybridized carbons (Fsp3) is 0.357. The van der Waals surface area contributed by atoms with Gasteiger partial charge in [-0.1, -0.05) is 44.2 Å². The van der Waals surface area contributed by atoms with E-state index >= 15 is 0 Å². The van der Waals surface area contributed by atoms with Gasteiger partial charge in [0.05, 0.1) is 35.4 Å². The highest BCUT2D eigenvalue weighted by Crippen LogP contribution is 2.23. The molecule has 2 heterocycles. The average Bonchev–Trinajstić information content (AvgIpc) is 3.38. The lowest BCUT2D eigenvalue weighted by molar-refractivity contribution is -0.384. The smallest absolute Gasteiger partial charge is 0.269 e. The molecule has 2 aromatic heterocycles. The summed E-state index contributed by atoms with van der Waals surface area (Å²) in [6.45, 7) is 3.14. The molecule has 44 heavy (non-hydrogen) atoms. The van der Waals surface area contributed by atoms with Crippen LogP contribution in [0.15, 0.2) is 65.8 Å². The van der Waals surface area contributed by atoms with Gasteiger partial charge in [-0.05, 0) is 30.0 Å². The summed E-state index contributed by atoms with van der Waals surface area (Å²) < 4.78 is 35.0. The first-order chi connectivity index (χ1) is 20.9. The molecule has 0 radical (unpaired) electrons. The van der Waals surface area contributed by atoms with Gasteiger partial charge < -0.3 is 25.5 Å². The molecule has 234 valence electrons. The minimum Gasteiger partial charge on any atom is -0.479 e. The summed E-state index contributed by atoms with van der Waals surface area (Å²) in [6.07, 6.45) is 0.266. The molecule has 0 aliphatic rings. The van der Waals surface area contributed by atoms with Gasteiger partial charge in [-0.25, -0.2) is 13.4 Å². The lowest BCUT2D eigenvalue weighted by atomic mass is 10.0. The van der Waals surface area contributed by atoms with Gasteiger partial charge >= 0.3 is 0 Å². The number of rotatable bonds is 14. The minimum absolute atomic E-state index is 0.0617. The summed E-state index contributed by atoms with van der Waals surface area (Å²) in [5, 5.41) is 25.4. The molecule has 0 aliphatic heterocycles. The van der Waals surface area contributed by atoms with Crippen molar-refractivity contribution in [3.63, 3.8) is 0 Å². The second kappa shape index (κ2) is 13.7. The second-order valence-corrected chi connectivity index (χ2v) is 12.5. The largest absolute Gasteiger partial charge is 0.479 e. The number of nitrogens with zero attached hydrogens (tertiary/aromatic N) is 6. The molecule has 4 aromatic rings. The predicted molar refractivity (Wildman–Crippen MR) is 161 cm³/mol. The van der Waals surface area contributed by atoms with E-state index in [0.717, 1.165) is 34.1 Å². The van der Waals surface area contributed by atoms with Crippen molar-refractivity contribution >= 4 is 38.7 Å². The first-order valence-corrected chi connectivity index (χ1v) is 15.1. The van der Waals surface area contributed by atoms with E-state index in [2.05, 4.69) is 20.3 Å². The van der Waals surface area contributed by atoms with Gasteiger partial charge in [0.2, 0.25) is 27.8 Å². The molecule has 0 aliphatic carbocycles. The van der Waals surface area contributed by atoms with E-state index in [0.29, 0.717) is 5.52 Å². The molecule has 1 amide bonds. The van der Waals surface area contributed by atoms with Crippen molar-refractivity contribution in [2.24, 2.45) is 5.92 Å². The number of hydrogen-bond donors (Lipinski definition) is 3. The number of nitrogen functional groups attached to an aromatic ring is 1. The van der Waals surface area contributed by atoms with Crippen LogP contribution in [0.4, 0.5) is 11.6 Å². The third kappa shape index (κ3) is 7.64. The molecule has 0 bridgehead atoms. The van der Waals surface area contributed by atoms with Crippen molar-refractivity contribution in [3.05, 3.63) is 76.6 Å². The number of sulfonamides is 1. The Morgan fingerprint density at radius 3 is 2.43 bits per heavy atom. The number of fused-ring (bicyclic) bond motifs is 1. The molecule has 0 fully saturated rings. The molecule has 0 saturated carbocycles. The van der Waals surface area contributed by atoms with Crippen molar-refractivity contribution in [2.75, 3.05) is 25.9 Å². The molecule has 4 N–H and O–H groups in total. The Bertz CT molecular complexity index is 1710. The van der Waals surface area contributed by atoms with Gasteiger partial charge in [0.25, 0.3) is 5.69 Å². The number of carbonyl (C=O) groups excluding carboxylic acids is 1. The summed E-state index contributed by atoms with van der Waals surface area (Å²) in [4.78, 5) is 36.0. The quantitative estimate of drug-likeness (QED) is 0.136. The summed E-state index contributed by atoms with van der Waals surface area (Å²) in [5.74, 6) is -0.510. The van der Waals surface area contributed by atoms with Crippen LogP contribution in [0.1, 0.15) is 19.4 Å². The van der Waals surface area contributed by atoms with Crippen LogP contribution in [0, 0.1) is 16.0 Å². The predicted octanol–water partition coefficient (Wildman–Crippen LogP) is 1.76. The molecule has 2 atom stereocenters. The minimum atomic E-state index is -4.16. The van der Waals surface area contributed by atoms with Crippen molar-refractivity contribution in [1.82, 2.24) is 29.1 Å². The zero-order chi connectivity index (χ0) is 32.0. The number of nitrogens with two attached hydrogens (primary N) is 1. The highest BCUT2D eigenvalue weighted by Gasteiger charge is 2.32. The molecule has 0 unspecified atom stereocenters. The zero-order valence-corrected chi connectivity index (χ0v) is 25.2. The summed E-state index contributed by atoms with van der Waals surface area (Å²) in [5.41, 5.74) is 6.94. The van der Waals surface area contributed by atoms with Crippen LogP contribution in [-0.4, -0.2) is 80.5 Å². The maximum atomic E-state index is 13.6. The number of hydrogen-bond acceptors (Lipinski definition) is 11. The second-order valence-electron chi connectivity index (χ2n) is 10.5. The topological polar surface area (TPSA) is 209 Å². The van der Waals surface area contributed by atoms with Crippen LogP contribution >= 0.6 is 0 Å². The molecule has 16 heteroatoms. The number of nitro benzene ring substituents is 1. The van der Waals surface area contributed by atoms with Gasteiger partial charge in [0.1, 0.15) is 6.54 Å². The molecule has 0 spiro atoms. The van der Waals surface area contributed by atoms with E-state index in [9.17, 15) is 28.4 Å². The van der Waals surface area contributed by atoms with Crippen molar-refractivity contribution in [1.29, 1.82) is 0 Å². The number of imidazole rings is 1. The number of nitrogens with one attached hydrogen (secondary N) is 1. The maximum Gasteiger partial charge on any atom is 0.269 e. The van der Waals surface area contributed by atoms with E-state index in [4.69, 9.17) is 10.5 Å². The number of methoxy groups -OCH3 is 1. The number of anilines is 1. The number of amides is 1. The third-order valence-corrected chi connectivity index (χ3v) is 8.56. The highest BCUT2D eigenvalue weighted by atomic mass is 32.2. The molecule has 2 aromatic carbocycles. The standard InChI is InChI=1S/C28H34N8O7S/c1-18(2)14-35(44(41,42)21-11-9-20(10-12-21)36(39)40)15-23(37)22(13-19-7-5-4-6-8-19)31-24(38)16-34-17-30-25-26(34)32-28(29)33-27(25)43-3/h4-12,17-18,22-23,37H,13-16H2,1-3H3,(H,31,38)(H2,29,32,33)/t22-,23+/m0/s1. The first kappa shape index (κ1) is 32.2. The van der Waals surface area contributed by atoms with Crippen LogP contribution in [0.2, 0.25) is 0 Å². The van der Waals surface area contributed by atoms with Crippen LogP contribution in [-0.2, 0) is 27.8 Å². The Morgan fingerprint density at radius 2 is 1.82 bits per heavy atom. The lowest BCUT2D eigenvalue weighted by Crippen LogP contribution is -2.51. The monoisotopic (exact) mass is 626 g/mol.